The van der Waals surface area contributed by atoms with Crippen LogP contribution < -0.4 is 10.2 Å². The van der Waals surface area contributed by atoms with Crippen molar-refractivity contribution in [2.75, 3.05) is 31.7 Å². The van der Waals surface area contributed by atoms with Crippen molar-refractivity contribution in [2.24, 2.45) is 0 Å². The molecule has 1 aliphatic rings. The number of ether oxygens (including phenoxy) is 2. The van der Waals surface area contributed by atoms with E-state index in [4.69, 9.17) is 26.1 Å². The van der Waals surface area contributed by atoms with E-state index in [1.807, 2.05) is 6.07 Å². The number of hydrogen-bond donors (Lipinski definition) is 2. The van der Waals surface area contributed by atoms with Crippen molar-refractivity contribution in [3.8, 4) is 0 Å². The molecule has 1 aliphatic heterocycles. The summed E-state index contributed by atoms with van der Waals surface area (Å²) >= 11 is 7.41. The maximum Gasteiger partial charge on any atom is 0.339 e. The van der Waals surface area contributed by atoms with Crippen LogP contribution in [0.5, 0.6) is 0 Å². The summed E-state index contributed by atoms with van der Waals surface area (Å²) in [5, 5.41) is 4.08. The molecule has 3 heterocycles. The first kappa shape index (κ1) is 22.5. The molecule has 9 nitrogen and oxygen atoms in total. The quantitative estimate of drug-likeness (QED) is 0.524. The van der Waals surface area contributed by atoms with Crippen LogP contribution >= 0.6 is 22.9 Å². The Morgan fingerprint density at radius 1 is 1.38 bits per heavy atom. The second kappa shape index (κ2) is 9.43. The monoisotopic (exact) mass is 477 g/mol. The number of carbonyl (C=O) groups excluding carboxylic acids is 2. The highest BCUT2D eigenvalue weighted by Crippen LogP contribution is 2.33. The fraction of sp³-hybridized carbons (Fsp3) is 0.429. The number of aromatic amines is 1. The van der Waals surface area contributed by atoms with Gasteiger partial charge in [-0.3, -0.25) is 4.79 Å². The number of H-pyrrole nitrogens is 1. The number of thiazole rings is 1. The van der Waals surface area contributed by atoms with Gasteiger partial charge in [0, 0.05) is 20.2 Å². The van der Waals surface area contributed by atoms with E-state index in [0.717, 1.165) is 15.3 Å². The molecular formula is C21H24ClN5O4S. The van der Waals surface area contributed by atoms with E-state index in [1.54, 1.807) is 33.1 Å². The molecule has 0 spiro atoms. The molecule has 11 heteroatoms. The number of nitrogens with zero attached hydrogens (tertiary/aromatic N) is 3. The molecule has 32 heavy (non-hydrogen) atoms. The van der Waals surface area contributed by atoms with Crippen LogP contribution in [-0.4, -0.2) is 65.8 Å². The molecule has 0 radical (unpaired) electrons. The van der Waals surface area contributed by atoms with Crippen LogP contribution in [0.25, 0.3) is 10.2 Å². The van der Waals surface area contributed by atoms with Gasteiger partial charge in [-0.05, 0) is 32.4 Å². The molecule has 2 N–H and O–H groups in total. The number of benzene rings is 1. The van der Waals surface area contributed by atoms with Gasteiger partial charge in [-0.25, -0.2) is 14.8 Å². The number of fused-ring (bicyclic) bond motifs is 1. The number of hydrogen-bond acceptors (Lipinski definition) is 8. The van der Waals surface area contributed by atoms with Crippen molar-refractivity contribution in [1.82, 2.24) is 20.3 Å². The van der Waals surface area contributed by atoms with Gasteiger partial charge in [0.05, 0.1) is 40.2 Å². The Bertz CT molecular complexity index is 1130. The molecular weight excluding hydrogens is 454 g/mol. The van der Waals surface area contributed by atoms with Crippen molar-refractivity contribution in [1.29, 1.82) is 0 Å². The molecule has 2 aromatic heterocycles. The summed E-state index contributed by atoms with van der Waals surface area (Å²) < 4.78 is 11.7. The molecule has 4 rings (SSSR count). The molecule has 1 aromatic carbocycles. The Morgan fingerprint density at radius 2 is 2.19 bits per heavy atom. The first-order valence-corrected chi connectivity index (χ1v) is 11.5. The zero-order valence-electron chi connectivity index (χ0n) is 18.0. The van der Waals surface area contributed by atoms with Crippen molar-refractivity contribution in [3.63, 3.8) is 0 Å². The average molecular weight is 478 g/mol. The van der Waals surface area contributed by atoms with E-state index >= 15 is 0 Å². The highest BCUT2D eigenvalue weighted by atomic mass is 35.5. The molecule has 0 unspecified atom stereocenters. The lowest BCUT2D eigenvalue weighted by Crippen LogP contribution is -2.55. The summed E-state index contributed by atoms with van der Waals surface area (Å²) in [5.74, 6) is -0.486. The molecule has 1 fully saturated rings. The van der Waals surface area contributed by atoms with Crippen molar-refractivity contribution in [2.45, 2.75) is 32.4 Å². The maximum absolute atomic E-state index is 12.6. The first-order valence-electron chi connectivity index (χ1n) is 10.3. The minimum absolute atomic E-state index is 0.183. The standard InChI is InChI=1S/C21H24ClN5O4S/c1-4-31-20(29)12-6-5-7-14-16(12)32-21(25-14)27-9-8-13(15(10-27)30-3)24-19(28)18-23-11(2)17(22)26-18/h5-7,13,15H,4,8-10H2,1-3H3,(H,23,26)(H,24,28)/t13-,15+/m0/s1. The predicted molar refractivity (Wildman–Crippen MR) is 123 cm³/mol. The minimum atomic E-state index is -0.349. The van der Waals surface area contributed by atoms with Gasteiger partial charge >= 0.3 is 5.97 Å². The van der Waals surface area contributed by atoms with Crippen molar-refractivity contribution >= 4 is 50.2 Å². The Morgan fingerprint density at radius 3 is 2.88 bits per heavy atom. The summed E-state index contributed by atoms with van der Waals surface area (Å²) in [6, 6.07) is 5.26. The molecule has 3 aromatic rings. The maximum atomic E-state index is 12.6. The summed E-state index contributed by atoms with van der Waals surface area (Å²) in [4.78, 5) is 38.6. The zero-order valence-corrected chi connectivity index (χ0v) is 19.5. The zero-order chi connectivity index (χ0) is 22.8. The highest BCUT2D eigenvalue weighted by Gasteiger charge is 2.33. The third-order valence-corrected chi connectivity index (χ3v) is 6.92. The number of methoxy groups -OCH3 is 1. The Hall–Kier alpha value is -2.69. The fourth-order valence-electron chi connectivity index (χ4n) is 3.72. The van der Waals surface area contributed by atoms with E-state index in [-0.39, 0.29) is 35.0 Å². The van der Waals surface area contributed by atoms with E-state index in [1.165, 1.54) is 11.3 Å². The van der Waals surface area contributed by atoms with Crippen LogP contribution in [-0.2, 0) is 9.47 Å². The lowest BCUT2D eigenvalue weighted by Gasteiger charge is -2.37. The van der Waals surface area contributed by atoms with Crippen LogP contribution in [0.15, 0.2) is 18.2 Å². The Labute approximate surface area is 194 Å². The van der Waals surface area contributed by atoms with Gasteiger partial charge in [0.1, 0.15) is 0 Å². The van der Waals surface area contributed by atoms with Gasteiger partial charge in [0.15, 0.2) is 16.1 Å². The van der Waals surface area contributed by atoms with E-state index < -0.39 is 0 Å². The second-order valence-electron chi connectivity index (χ2n) is 7.46. The summed E-state index contributed by atoms with van der Waals surface area (Å²) in [6.07, 6.45) is 0.425. The lowest BCUT2D eigenvalue weighted by molar-refractivity contribution is 0.0528. The van der Waals surface area contributed by atoms with E-state index in [0.29, 0.717) is 37.4 Å². The van der Waals surface area contributed by atoms with Crippen LogP contribution in [0, 0.1) is 6.92 Å². The summed E-state index contributed by atoms with van der Waals surface area (Å²) in [5.41, 5.74) is 1.92. The molecule has 0 bridgehead atoms. The smallest absolute Gasteiger partial charge is 0.339 e. The number of esters is 1. The topological polar surface area (TPSA) is 109 Å². The van der Waals surface area contributed by atoms with Crippen molar-refractivity contribution in [3.05, 3.63) is 40.4 Å². The van der Waals surface area contributed by atoms with Gasteiger partial charge in [-0.2, -0.15) is 0 Å². The van der Waals surface area contributed by atoms with Crippen LogP contribution in [0.3, 0.4) is 0 Å². The number of aromatic nitrogens is 3. The number of piperidine rings is 1. The average Bonchev–Trinajstić information content (AvgIpc) is 3.37. The fourth-order valence-corrected chi connectivity index (χ4v) is 4.95. The summed E-state index contributed by atoms with van der Waals surface area (Å²) in [6.45, 7) is 5.09. The number of imidazole rings is 1. The largest absolute Gasteiger partial charge is 0.462 e. The van der Waals surface area contributed by atoms with Crippen molar-refractivity contribution < 1.29 is 19.1 Å². The van der Waals surface area contributed by atoms with Gasteiger partial charge < -0.3 is 24.7 Å². The third-order valence-electron chi connectivity index (χ3n) is 5.39. The molecule has 1 saturated heterocycles. The van der Waals surface area contributed by atoms with E-state index in [2.05, 4.69) is 20.2 Å². The Balaban J connectivity index is 1.49. The number of rotatable bonds is 6. The van der Waals surface area contributed by atoms with Crippen LogP contribution in [0.2, 0.25) is 5.15 Å². The third kappa shape index (κ3) is 4.43. The normalized spacial score (nSPS) is 18.7. The summed E-state index contributed by atoms with van der Waals surface area (Å²) in [7, 11) is 1.62. The van der Waals surface area contributed by atoms with E-state index in [9.17, 15) is 9.59 Å². The highest BCUT2D eigenvalue weighted by molar-refractivity contribution is 7.22. The minimum Gasteiger partial charge on any atom is -0.462 e. The van der Waals surface area contributed by atoms with Gasteiger partial charge in [-0.15, -0.1) is 0 Å². The van der Waals surface area contributed by atoms with Gasteiger partial charge in [0.25, 0.3) is 5.91 Å². The van der Waals surface area contributed by atoms with Gasteiger partial charge in [0.2, 0.25) is 0 Å². The molecule has 1 amide bonds. The molecule has 0 saturated carbocycles. The van der Waals surface area contributed by atoms with Gasteiger partial charge in [-0.1, -0.05) is 29.0 Å². The number of amides is 1. The number of anilines is 1. The van der Waals surface area contributed by atoms with Crippen LogP contribution in [0.4, 0.5) is 5.13 Å². The molecule has 0 aliphatic carbocycles. The van der Waals surface area contributed by atoms with Crippen LogP contribution in [0.1, 0.15) is 40.0 Å². The SMILES string of the molecule is CCOC(=O)c1cccc2nc(N3CC[C@H](NC(=O)c4nc(Cl)c(C)[nH]4)[C@H](OC)C3)sc12. The first-order chi connectivity index (χ1) is 15.4. The number of nitrogens with one attached hydrogen (secondary N) is 2. The predicted octanol–water partition coefficient (Wildman–Crippen LogP) is 3.18. The number of aryl methyl sites for hydroxylation is 1. The lowest BCUT2D eigenvalue weighted by atomic mass is 10.0. The Kier molecular flexibility index (Phi) is 6.63. The molecule has 170 valence electrons. The number of halogens is 1. The second-order valence-corrected chi connectivity index (χ2v) is 8.80. The number of carbonyl (C=O) groups is 2. The molecule has 2 atom stereocenters.